The molecule has 13 heavy (non-hydrogen) atoms. The maximum absolute atomic E-state index is 13.3. The van der Waals surface area contributed by atoms with Crippen LogP contribution < -0.4 is 0 Å². The highest BCUT2D eigenvalue weighted by Crippen LogP contribution is 2.44. The Kier molecular flexibility index (Phi) is 1.62. The van der Waals surface area contributed by atoms with Crippen molar-refractivity contribution < 1.29 is 9.50 Å². The van der Waals surface area contributed by atoms with E-state index in [1.165, 1.54) is 12.1 Å². The van der Waals surface area contributed by atoms with Gasteiger partial charge in [0.1, 0.15) is 11.6 Å². The number of hydrogen-bond donors (Lipinski definition) is 1. The fourth-order valence-corrected chi connectivity index (χ4v) is 2.17. The van der Waals surface area contributed by atoms with Crippen molar-refractivity contribution in [2.24, 2.45) is 0 Å². The second-order valence-electron chi connectivity index (χ2n) is 4.30. The van der Waals surface area contributed by atoms with Gasteiger partial charge >= 0.3 is 0 Å². The van der Waals surface area contributed by atoms with Crippen molar-refractivity contribution >= 4 is 0 Å². The third kappa shape index (κ3) is 1.12. The van der Waals surface area contributed by atoms with Gasteiger partial charge in [-0.15, -0.1) is 0 Å². The first kappa shape index (κ1) is 8.54. The van der Waals surface area contributed by atoms with Gasteiger partial charge in [0.25, 0.3) is 0 Å². The normalized spacial score (nSPS) is 18.7. The molecule has 0 spiro atoms. The van der Waals surface area contributed by atoms with Crippen molar-refractivity contribution in [3.63, 3.8) is 0 Å². The molecule has 0 radical (unpaired) electrons. The largest absolute Gasteiger partial charge is 0.508 e. The van der Waals surface area contributed by atoms with Crippen molar-refractivity contribution in [1.82, 2.24) is 0 Å². The molecule has 0 amide bonds. The maximum atomic E-state index is 13.3. The minimum absolute atomic E-state index is 0.0818. The average molecular weight is 180 g/mol. The van der Waals surface area contributed by atoms with E-state index in [-0.39, 0.29) is 17.0 Å². The number of benzene rings is 1. The molecule has 1 aliphatic carbocycles. The quantitative estimate of drug-likeness (QED) is 0.650. The standard InChI is InChI=1S/C11H13FO/c1-11(2)6-5-7-8(12)3-4-9(13)10(7)11/h3-4,13H,5-6H2,1-2H3. The Balaban J connectivity index is 2.70. The molecule has 0 bridgehead atoms. The first-order valence-electron chi connectivity index (χ1n) is 4.53. The zero-order valence-electron chi connectivity index (χ0n) is 7.89. The highest BCUT2D eigenvalue weighted by molar-refractivity contribution is 5.48. The van der Waals surface area contributed by atoms with Crippen LogP contribution in [0.25, 0.3) is 0 Å². The number of hydrogen-bond acceptors (Lipinski definition) is 1. The second-order valence-corrected chi connectivity index (χ2v) is 4.30. The van der Waals surface area contributed by atoms with Crippen LogP contribution >= 0.6 is 0 Å². The lowest BCUT2D eigenvalue weighted by Crippen LogP contribution is -2.12. The number of rotatable bonds is 0. The molecule has 0 aliphatic heterocycles. The van der Waals surface area contributed by atoms with Crippen LogP contribution in [0.15, 0.2) is 12.1 Å². The molecule has 0 saturated heterocycles. The van der Waals surface area contributed by atoms with E-state index in [1.54, 1.807) is 0 Å². The summed E-state index contributed by atoms with van der Waals surface area (Å²) in [4.78, 5) is 0. The van der Waals surface area contributed by atoms with Gasteiger partial charge in [-0.05, 0) is 36.0 Å². The van der Waals surface area contributed by atoms with E-state index >= 15 is 0 Å². The summed E-state index contributed by atoms with van der Waals surface area (Å²) in [6, 6.07) is 2.79. The lowest BCUT2D eigenvalue weighted by molar-refractivity contribution is 0.438. The fraction of sp³-hybridized carbons (Fsp3) is 0.455. The Hall–Kier alpha value is -1.05. The molecule has 1 aromatic carbocycles. The molecule has 2 rings (SSSR count). The molecule has 1 N–H and O–H groups in total. The van der Waals surface area contributed by atoms with Crippen LogP contribution in [0.2, 0.25) is 0 Å². The van der Waals surface area contributed by atoms with Crippen molar-refractivity contribution in [2.45, 2.75) is 32.1 Å². The number of fused-ring (bicyclic) bond motifs is 1. The molecule has 0 unspecified atom stereocenters. The lowest BCUT2D eigenvalue weighted by atomic mass is 9.86. The van der Waals surface area contributed by atoms with Crippen molar-refractivity contribution in [3.05, 3.63) is 29.1 Å². The minimum Gasteiger partial charge on any atom is -0.508 e. The average Bonchev–Trinajstić information content (AvgIpc) is 2.36. The van der Waals surface area contributed by atoms with Gasteiger partial charge in [-0.25, -0.2) is 4.39 Å². The van der Waals surface area contributed by atoms with Crippen LogP contribution in [-0.4, -0.2) is 5.11 Å². The topological polar surface area (TPSA) is 20.2 Å². The molecule has 1 nitrogen and oxygen atoms in total. The molecule has 0 saturated carbocycles. The first-order chi connectivity index (χ1) is 6.02. The highest BCUT2D eigenvalue weighted by atomic mass is 19.1. The number of phenols is 1. The zero-order chi connectivity index (χ0) is 9.64. The smallest absolute Gasteiger partial charge is 0.126 e. The Morgan fingerprint density at radius 2 is 2.08 bits per heavy atom. The Morgan fingerprint density at radius 3 is 2.69 bits per heavy atom. The van der Waals surface area contributed by atoms with Gasteiger partial charge < -0.3 is 5.11 Å². The van der Waals surface area contributed by atoms with Gasteiger partial charge in [0.2, 0.25) is 0 Å². The predicted molar refractivity (Wildman–Crippen MR) is 49.4 cm³/mol. The van der Waals surface area contributed by atoms with E-state index in [0.717, 1.165) is 18.4 Å². The summed E-state index contributed by atoms with van der Waals surface area (Å²) in [5.74, 6) is 0.0530. The number of halogens is 1. The highest BCUT2D eigenvalue weighted by Gasteiger charge is 2.34. The summed E-state index contributed by atoms with van der Waals surface area (Å²) in [5.41, 5.74) is 1.42. The number of aromatic hydroxyl groups is 1. The van der Waals surface area contributed by atoms with Gasteiger partial charge in [-0.1, -0.05) is 13.8 Å². The Labute approximate surface area is 77.2 Å². The molecule has 0 heterocycles. The summed E-state index contributed by atoms with van der Waals surface area (Å²) < 4.78 is 13.3. The molecular formula is C11H13FO. The van der Waals surface area contributed by atoms with Crippen LogP contribution in [0, 0.1) is 5.82 Å². The van der Waals surface area contributed by atoms with Crippen LogP contribution in [0.4, 0.5) is 4.39 Å². The minimum atomic E-state index is -0.182. The third-order valence-corrected chi connectivity index (χ3v) is 2.91. The lowest BCUT2D eigenvalue weighted by Gasteiger charge is -2.19. The third-order valence-electron chi connectivity index (χ3n) is 2.91. The van der Waals surface area contributed by atoms with E-state index < -0.39 is 0 Å². The van der Waals surface area contributed by atoms with Gasteiger partial charge in [-0.2, -0.15) is 0 Å². The zero-order valence-corrected chi connectivity index (χ0v) is 7.89. The van der Waals surface area contributed by atoms with Gasteiger partial charge in [0, 0.05) is 5.56 Å². The van der Waals surface area contributed by atoms with Crippen LogP contribution in [-0.2, 0) is 11.8 Å². The van der Waals surface area contributed by atoms with Crippen LogP contribution in [0.1, 0.15) is 31.4 Å². The van der Waals surface area contributed by atoms with Crippen molar-refractivity contribution in [2.75, 3.05) is 0 Å². The molecule has 2 heteroatoms. The molecular weight excluding hydrogens is 167 g/mol. The van der Waals surface area contributed by atoms with E-state index in [0.29, 0.717) is 5.56 Å². The summed E-state index contributed by atoms with van der Waals surface area (Å²) in [6.07, 6.45) is 1.65. The first-order valence-corrected chi connectivity index (χ1v) is 4.53. The monoisotopic (exact) mass is 180 g/mol. The second kappa shape index (κ2) is 2.47. The van der Waals surface area contributed by atoms with E-state index in [9.17, 15) is 9.50 Å². The van der Waals surface area contributed by atoms with Gasteiger partial charge in [0.05, 0.1) is 0 Å². The van der Waals surface area contributed by atoms with Gasteiger partial charge in [0.15, 0.2) is 0 Å². The molecule has 0 atom stereocenters. The fourth-order valence-electron chi connectivity index (χ4n) is 2.17. The summed E-state index contributed by atoms with van der Waals surface area (Å²) in [5, 5.41) is 9.62. The van der Waals surface area contributed by atoms with Gasteiger partial charge in [-0.3, -0.25) is 0 Å². The van der Waals surface area contributed by atoms with E-state index in [1.807, 2.05) is 13.8 Å². The van der Waals surface area contributed by atoms with Crippen molar-refractivity contribution in [3.8, 4) is 5.75 Å². The van der Waals surface area contributed by atoms with E-state index in [4.69, 9.17) is 0 Å². The van der Waals surface area contributed by atoms with Crippen LogP contribution in [0.3, 0.4) is 0 Å². The Morgan fingerprint density at radius 1 is 1.38 bits per heavy atom. The SMILES string of the molecule is CC1(C)CCc2c(F)ccc(O)c21. The maximum Gasteiger partial charge on any atom is 0.126 e. The Bertz CT molecular complexity index is 355. The summed E-state index contributed by atoms with van der Waals surface area (Å²) in [6.45, 7) is 4.08. The molecule has 0 aromatic heterocycles. The molecule has 1 aromatic rings. The van der Waals surface area contributed by atoms with Crippen molar-refractivity contribution in [1.29, 1.82) is 0 Å². The summed E-state index contributed by atoms with van der Waals surface area (Å²) in [7, 11) is 0. The predicted octanol–water partition coefficient (Wildman–Crippen LogP) is 2.76. The van der Waals surface area contributed by atoms with E-state index in [2.05, 4.69) is 0 Å². The molecule has 70 valence electrons. The van der Waals surface area contributed by atoms with Crippen LogP contribution in [0.5, 0.6) is 5.75 Å². The number of phenolic OH excluding ortho intramolecular Hbond substituents is 1. The summed E-state index contributed by atoms with van der Waals surface area (Å²) >= 11 is 0. The molecule has 1 aliphatic rings. The molecule has 0 fully saturated rings.